The minimum Gasteiger partial charge on any atom is -0.349 e. The van der Waals surface area contributed by atoms with Crippen molar-refractivity contribution in [1.82, 2.24) is 0 Å². The van der Waals surface area contributed by atoms with Gasteiger partial charge in [0.15, 0.2) is 5.79 Å². The van der Waals surface area contributed by atoms with Crippen molar-refractivity contribution >= 4 is 6.08 Å². The second-order valence-electron chi connectivity index (χ2n) is 6.13. The molecule has 1 saturated carbocycles. The van der Waals surface area contributed by atoms with E-state index in [0.29, 0.717) is 5.92 Å². The fraction of sp³-hybridized carbons (Fsp3) is 0.500. The van der Waals surface area contributed by atoms with Gasteiger partial charge in [-0.25, -0.2) is 0 Å². The molecule has 0 N–H and O–H groups in total. The first-order chi connectivity index (χ1) is 8.60. The summed E-state index contributed by atoms with van der Waals surface area (Å²) in [4.78, 5) is 0. The van der Waals surface area contributed by atoms with Crippen molar-refractivity contribution in [3.05, 3.63) is 42.0 Å². The van der Waals surface area contributed by atoms with E-state index in [4.69, 9.17) is 9.47 Å². The van der Waals surface area contributed by atoms with Gasteiger partial charge in [-0.1, -0.05) is 56.3 Å². The standard InChI is InChI=1S/C16H20O2/c1-15(2)11-17-16(18-12-15)10-14(16)9-8-13-6-4-3-5-7-13/h3-9,14H,10-12H2,1-2H3/b9-8+. The number of rotatable bonds is 2. The molecule has 1 unspecified atom stereocenters. The van der Waals surface area contributed by atoms with Crippen molar-refractivity contribution in [3.8, 4) is 0 Å². The zero-order chi connectivity index (χ0) is 12.6. The van der Waals surface area contributed by atoms with Gasteiger partial charge in [-0.3, -0.25) is 0 Å². The Kier molecular flexibility index (Phi) is 2.80. The Labute approximate surface area is 109 Å². The first-order valence-electron chi connectivity index (χ1n) is 6.61. The van der Waals surface area contributed by atoms with E-state index in [0.717, 1.165) is 19.6 Å². The summed E-state index contributed by atoms with van der Waals surface area (Å²) in [5, 5.41) is 0. The fourth-order valence-electron chi connectivity index (χ4n) is 2.30. The molecule has 1 atom stereocenters. The molecule has 2 aliphatic rings. The Hall–Kier alpha value is -1.12. The lowest BCUT2D eigenvalue weighted by Crippen LogP contribution is -2.40. The van der Waals surface area contributed by atoms with Crippen LogP contribution in [0.25, 0.3) is 6.08 Å². The third-order valence-electron chi connectivity index (χ3n) is 3.64. The number of benzene rings is 1. The molecule has 3 rings (SSSR count). The average Bonchev–Trinajstić information content (AvgIpc) is 3.06. The van der Waals surface area contributed by atoms with E-state index in [1.54, 1.807) is 0 Å². The second-order valence-corrected chi connectivity index (χ2v) is 6.13. The Morgan fingerprint density at radius 3 is 2.44 bits per heavy atom. The van der Waals surface area contributed by atoms with E-state index >= 15 is 0 Å². The first-order valence-corrected chi connectivity index (χ1v) is 6.61. The summed E-state index contributed by atoms with van der Waals surface area (Å²) in [6.45, 7) is 5.94. The van der Waals surface area contributed by atoms with Gasteiger partial charge < -0.3 is 9.47 Å². The lowest BCUT2D eigenvalue weighted by molar-refractivity contribution is -0.247. The zero-order valence-electron chi connectivity index (χ0n) is 11.1. The maximum atomic E-state index is 5.92. The van der Waals surface area contributed by atoms with Crippen molar-refractivity contribution < 1.29 is 9.47 Å². The Morgan fingerprint density at radius 1 is 1.11 bits per heavy atom. The molecule has 2 fully saturated rings. The maximum absolute atomic E-state index is 5.92. The predicted octanol–water partition coefficient (Wildman–Crippen LogP) is 3.49. The van der Waals surface area contributed by atoms with Gasteiger partial charge in [-0.05, 0) is 5.56 Å². The molecule has 1 aromatic carbocycles. The Morgan fingerprint density at radius 2 is 1.78 bits per heavy atom. The lowest BCUT2D eigenvalue weighted by Gasteiger charge is -2.35. The van der Waals surface area contributed by atoms with Gasteiger partial charge in [-0.2, -0.15) is 0 Å². The minimum atomic E-state index is -0.305. The van der Waals surface area contributed by atoms with Crippen LogP contribution in [0.15, 0.2) is 36.4 Å². The largest absolute Gasteiger partial charge is 0.349 e. The highest BCUT2D eigenvalue weighted by atomic mass is 16.7. The van der Waals surface area contributed by atoms with Gasteiger partial charge in [0.1, 0.15) is 0 Å². The number of ether oxygens (including phenoxy) is 2. The molecule has 1 heterocycles. The van der Waals surface area contributed by atoms with Crippen LogP contribution in [0, 0.1) is 11.3 Å². The topological polar surface area (TPSA) is 18.5 Å². The highest BCUT2D eigenvalue weighted by Gasteiger charge is 2.58. The molecule has 1 aromatic rings. The van der Waals surface area contributed by atoms with Crippen molar-refractivity contribution in [2.24, 2.45) is 11.3 Å². The van der Waals surface area contributed by atoms with Gasteiger partial charge in [0.25, 0.3) is 0 Å². The van der Waals surface area contributed by atoms with E-state index in [9.17, 15) is 0 Å². The molecular weight excluding hydrogens is 224 g/mol. The summed E-state index contributed by atoms with van der Waals surface area (Å²) < 4.78 is 11.8. The van der Waals surface area contributed by atoms with Crippen LogP contribution in [-0.2, 0) is 9.47 Å². The van der Waals surface area contributed by atoms with Crippen LogP contribution < -0.4 is 0 Å². The normalized spacial score (nSPS) is 28.7. The van der Waals surface area contributed by atoms with Crippen LogP contribution >= 0.6 is 0 Å². The van der Waals surface area contributed by atoms with Crippen molar-refractivity contribution in [2.75, 3.05) is 13.2 Å². The van der Waals surface area contributed by atoms with Crippen LogP contribution in [0.3, 0.4) is 0 Å². The van der Waals surface area contributed by atoms with Gasteiger partial charge in [0.05, 0.1) is 13.2 Å². The van der Waals surface area contributed by atoms with Crippen LogP contribution in [0.4, 0.5) is 0 Å². The van der Waals surface area contributed by atoms with Gasteiger partial charge in [0, 0.05) is 17.8 Å². The molecular formula is C16H20O2. The molecule has 1 spiro atoms. The molecule has 1 aliphatic heterocycles. The maximum Gasteiger partial charge on any atom is 0.175 e. The highest BCUT2D eigenvalue weighted by Crippen LogP contribution is 2.52. The van der Waals surface area contributed by atoms with Crippen LogP contribution in [-0.4, -0.2) is 19.0 Å². The van der Waals surface area contributed by atoms with Gasteiger partial charge in [0.2, 0.25) is 0 Å². The second kappa shape index (κ2) is 4.22. The Balaban J connectivity index is 1.60. The summed E-state index contributed by atoms with van der Waals surface area (Å²) in [5.74, 6) is 0.106. The average molecular weight is 244 g/mol. The predicted molar refractivity (Wildman–Crippen MR) is 72.0 cm³/mol. The SMILES string of the molecule is CC1(C)COC2(CC2/C=C/c2ccccc2)OC1. The lowest BCUT2D eigenvalue weighted by atomic mass is 9.95. The summed E-state index contributed by atoms with van der Waals surface area (Å²) in [5.41, 5.74) is 1.39. The van der Waals surface area contributed by atoms with E-state index in [1.807, 2.05) is 6.07 Å². The molecule has 2 nitrogen and oxygen atoms in total. The molecule has 0 bridgehead atoms. The molecule has 2 heteroatoms. The highest BCUT2D eigenvalue weighted by molar-refractivity contribution is 5.50. The van der Waals surface area contributed by atoms with Crippen molar-refractivity contribution in [3.63, 3.8) is 0 Å². The number of hydrogen-bond acceptors (Lipinski definition) is 2. The molecule has 1 aliphatic carbocycles. The van der Waals surface area contributed by atoms with E-state index in [2.05, 4.69) is 50.3 Å². The summed E-state index contributed by atoms with van der Waals surface area (Å²) in [6, 6.07) is 10.4. The third kappa shape index (κ3) is 2.36. The van der Waals surface area contributed by atoms with Gasteiger partial charge >= 0.3 is 0 Å². The molecule has 1 saturated heterocycles. The van der Waals surface area contributed by atoms with Crippen LogP contribution in [0.2, 0.25) is 0 Å². The van der Waals surface area contributed by atoms with Crippen LogP contribution in [0.1, 0.15) is 25.8 Å². The summed E-state index contributed by atoms with van der Waals surface area (Å²) in [6.07, 6.45) is 5.37. The zero-order valence-corrected chi connectivity index (χ0v) is 11.1. The van der Waals surface area contributed by atoms with Crippen molar-refractivity contribution in [2.45, 2.75) is 26.1 Å². The number of hydrogen-bond donors (Lipinski definition) is 0. The molecule has 18 heavy (non-hydrogen) atoms. The summed E-state index contributed by atoms with van der Waals surface area (Å²) >= 11 is 0. The summed E-state index contributed by atoms with van der Waals surface area (Å²) in [7, 11) is 0. The third-order valence-corrected chi connectivity index (χ3v) is 3.64. The minimum absolute atomic E-state index is 0.154. The molecule has 0 radical (unpaired) electrons. The monoisotopic (exact) mass is 244 g/mol. The quantitative estimate of drug-likeness (QED) is 0.793. The van der Waals surface area contributed by atoms with E-state index in [1.165, 1.54) is 5.56 Å². The van der Waals surface area contributed by atoms with Crippen LogP contribution in [0.5, 0.6) is 0 Å². The van der Waals surface area contributed by atoms with Crippen molar-refractivity contribution in [1.29, 1.82) is 0 Å². The molecule has 0 aromatic heterocycles. The first kappa shape index (κ1) is 11.9. The Bertz CT molecular complexity index is 437. The van der Waals surface area contributed by atoms with E-state index < -0.39 is 0 Å². The smallest absolute Gasteiger partial charge is 0.175 e. The van der Waals surface area contributed by atoms with E-state index in [-0.39, 0.29) is 11.2 Å². The molecule has 0 amide bonds. The van der Waals surface area contributed by atoms with Gasteiger partial charge in [-0.15, -0.1) is 0 Å². The fourth-order valence-corrected chi connectivity index (χ4v) is 2.30. The molecule has 96 valence electrons.